The molecule has 1 aliphatic heterocycles. The van der Waals surface area contributed by atoms with Crippen molar-refractivity contribution in [3.05, 3.63) is 24.0 Å². The van der Waals surface area contributed by atoms with Gasteiger partial charge >= 0.3 is 6.09 Å². The molecule has 1 aromatic carbocycles. The van der Waals surface area contributed by atoms with Crippen molar-refractivity contribution in [3.8, 4) is 0 Å². The van der Waals surface area contributed by atoms with E-state index in [1.165, 1.54) is 12.1 Å². The summed E-state index contributed by atoms with van der Waals surface area (Å²) in [6, 6.07) is 4.09. The lowest BCUT2D eigenvalue weighted by molar-refractivity contribution is 0.0636. The first-order valence-electron chi connectivity index (χ1n) is 9.39. The number of aliphatic imine (C=N–C) groups is 2. The van der Waals surface area contributed by atoms with Crippen LogP contribution in [0.15, 0.2) is 28.2 Å². The molecular formula is C19H27FN6O2. The Morgan fingerprint density at radius 1 is 1.25 bits per heavy atom. The zero-order valence-electron chi connectivity index (χ0n) is 16.5. The number of rotatable bonds is 2. The quantitative estimate of drug-likeness (QED) is 0.716. The molecule has 8 nitrogen and oxygen atoms in total. The van der Waals surface area contributed by atoms with Crippen molar-refractivity contribution in [1.82, 2.24) is 0 Å². The highest BCUT2D eigenvalue weighted by molar-refractivity contribution is 6.08. The molecule has 0 atom stereocenters. The summed E-state index contributed by atoms with van der Waals surface area (Å²) in [6.07, 6.45) is 3.77. The van der Waals surface area contributed by atoms with Gasteiger partial charge in [-0.3, -0.25) is 10.2 Å². The van der Waals surface area contributed by atoms with Gasteiger partial charge in [-0.05, 0) is 64.7 Å². The number of nitrogens with zero attached hydrogens (tertiary/aromatic N) is 3. The third kappa shape index (κ3) is 4.18. The first-order chi connectivity index (χ1) is 13.1. The van der Waals surface area contributed by atoms with Crippen molar-refractivity contribution in [2.24, 2.45) is 21.5 Å². The Morgan fingerprint density at radius 3 is 2.57 bits per heavy atom. The van der Waals surface area contributed by atoms with Crippen molar-refractivity contribution in [2.45, 2.75) is 64.1 Å². The number of anilines is 2. The molecule has 0 radical (unpaired) electrons. The highest BCUT2D eigenvalue weighted by atomic mass is 19.1. The second-order valence-corrected chi connectivity index (χ2v) is 8.11. The monoisotopic (exact) mass is 390 g/mol. The Balaban J connectivity index is 2.02. The van der Waals surface area contributed by atoms with Crippen LogP contribution < -0.4 is 21.7 Å². The third-order valence-electron chi connectivity index (χ3n) is 4.69. The SMILES string of the molecule is CC(C)(C)OC(=O)Nc1cc(F)ccc1N1C(N)=NC(N)=NC12CCCCC2. The van der Waals surface area contributed by atoms with Crippen LogP contribution in [-0.2, 0) is 4.74 Å². The van der Waals surface area contributed by atoms with Gasteiger partial charge in [0.25, 0.3) is 0 Å². The van der Waals surface area contributed by atoms with E-state index in [4.69, 9.17) is 16.2 Å². The van der Waals surface area contributed by atoms with E-state index in [-0.39, 0.29) is 17.6 Å². The maximum Gasteiger partial charge on any atom is 0.412 e. The summed E-state index contributed by atoms with van der Waals surface area (Å²) < 4.78 is 19.3. The van der Waals surface area contributed by atoms with E-state index in [2.05, 4.69) is 15.3 Å². The van der Waals surface area contributed by atoms with Crippen LogP contribution in [0.5, 0.6) is 0 Å². The van der Waals surface area contributed by atoms with Gasteiger partial charge < -0.3 is 16.2 Å². The number of halogens is 1. The molecule has 0 saturated heterocycles. The van der Waals surface area contributed by atoms with Gasteiger partial charge in [-0.1, -0.05) is 6.42 Å². The van der Waals surface area contributed by atoms with Crippen LogP contribution in [0.25, 0.3) is 0 Å². The molecule has 5 N–H and O–H groups in total. The molecule has 9 heteroatoms. The average molecular weight is 390 g/mol. The van der Waals surface area contributed by atoms with Crippen LogP contribution in [0.2, 0.25) is 0 Å². The van der Waals surface area contributed by atoms with E-state index in [9.17, 15) is 9.18 Å². The van der Waals surface area contributed by atoms with E-state index < -0.39 is 23.2 Å². The van der Waals surface area contributed by atoms with Crippen molar-refractivity contribution >= 4 is 29.4 Å². The number of ether oxygens (including phenoxy) is 1. The smallest absolute Gasteiger partial charge is 0.412 e. The number of hydrogen-bond donors (Lipinski definition) is 3. The van der Waals surface area contributed by atoms with E-state index in [1.54, 1.807) is 31.7 Å². The summed E-state index contributed by atoms with van der Waals surface area (Å²) in [4.78, 5) is 22.7. The largest absolute Gasteiger partial charge is 0.444 e. The zero-order chi connectivity index (χ0) is 20.5. The van der Waals surface area contributed by atoms with Gasteiger partial charge in [0.2, 0.25) is 11.9 Å². The van der Waals surface area contributed by atoms with Crippen LogP contribution >= 0.6 is 0 Å². The van der Waals surface area contributed by atoms with Crippen molar-refractivity contribution in [3.63, 3.8) is 0 Å². The second-order valence-electron chi connectivity index (χ2n) is 8.11. The molecule has 28 heavy (non-hydrogen) atoms. The average Bonchev–Trinajstić information content (AvgIpc) is 2.55. The standard InChI is InChI=1S/C19H27FN6O2/c1-18(2,3)28-17(27)23-13-11-12(20)7-8-14(13)26-16(22)24-15(21)25-19(26)9-5-4-6-10-19/h7-8,11H,4-6,9-10H2,1-3H3,(H,23,27)(H4,21,22,24,25). The Morgan fingerprint density at radius 2 is 1.93 bits per heavy atom. The summed E-state index contributed by atoms with van der Waals surface area (Å²) in [6.45, 7) is 5.26. The van der Waals surface area contributed by atoms with Gasteiger partial charge in [-0.2, -0.15) is 4.99 Å². The molecule has 0 unspecified atom stereocenters. The fourth-order valence-electron chi connectivity index (χ4n) is 3.69. The van der Waals surface area contributed by atoms with Crippen LogP contribution in [-0.4, -0.2) is 29.3 Å². The number of carbonyl (C=O) groups excluding carboxylic acids is 1. The second kappa shape index (κ2) is 7.29. The number of hydrogen-bond acceptors (Lipinski definition) is 7. The summed E-state index contributed by atoms with van der Waals surface area (Å²) in [5, 5.41) is 2.63. The molecule has 0 aromatic heterocycles. The van der Waals surface area contributed by atoms with Crippen molar-refractivity contribution in [1.29, 1.82) is 0 Å². The van der Waals surface area contributed by atoms with Gasteiger partial charge in [-0.15, -0.1) is 0 Å². The highest BCUT2D eigenvalue weighted by Gasteiger charge is 2.43. The minimum Gasteiger partial charge on any atom is -0.444 e. The zero-order valence-corrected chi connectivity index (χ0v) is 16.5. The molecule has 1 saturated carbocycles. The van der Waals surface area contributed by atoms with Gasteiger partial charge in [-0.25, -0.2) is 14.2 Å². The fourth-order valence-corrected chi connectivity index (χ4v) is 3.69. The highest BCUT2D eigenvalue weighted by Crippen LogP contribution is 2.42. The van der Waals surface area contributed by atoms with Crippen molar-refractivity contribution in [2.75, 3.05) is 10.2 Å². The molecule has 1 spiro atoms. The van der Waals surface area contributed by atoms with Crippen LogP contribution in [0.4, 0.5) is 20.6 Å². The summed E-state index contributed by atoms with van der Waals surface area (Å²) in [5.41, 5.74) is 11.4. The Labute approximate surface area is 163 Å². The lowest BCUT2D eigenvalue weighted by Gasteiger charge is -2.46. The molecule has 0 bridgehead atoms. The molecule has 1 fully saturated rings. The van der Waals surface area contributed by atoms with Crippen LogP contribution in [0.3, 0.4) is 0 Å². The molecular weight excluding hydrogens is 363 g/mol. The third-order valence-corrected chi connectivity index (χ3v) is 4.69. The summed E-state index contributed by atoms with van der Waals surface area (Å²) >= 11 is 0. The molecule has 1 amide bonds. The summed E-state index contributed by atoms with van der Waals surface area (Å²) in [5.74, 6) is -0.212. The van der Waals surface area contributed by atoms with Gasteiger partial charge in [0.15, 0.2) is 0 Å². The van der Waals surface area contributed by atoms with E-state index in [1.807, 2.05) is 0 Å². The number of carbonyl (C=O) groups is 1. The Kier molecular flexibility index (Phi) is 5.18. The van der Waals surface area contributed by atoms with Crippen molar-refractivity contribution < 1.29 is 13.9 Å². The van der Waals surface area contributed by atoms with Gasteiger partial charge in [0.1, 0.15) is 17.1 Å². The topological polar surface area (TPSA) is 118 Å². The van der Waals surface area contributed by atoms with E-state index >= 15 is 0 Å². The fraction of sp³-hybridized carbons (Fsp3) is 0.526. The maximum atomic E-state index is 14.0. The van der Waals surface area contributed by atoms with Crippen LogP contribution in [0, 0.1) is 5.82 Å². The molecule has 152 valence electrons. The lowest BCUT2D eigenvalue weighted by Crippen LogP contribution is -2.58. The predicted octanol–water partition coefficient (Wildman–Crippen LogP) is 3.28. The van der Waals surface area contributed by atoms with Gasteiger partial charge in [0, 0.05) is 0 Å². The molecule has 2 aliphatic rings. The predicted molar refractivity (Wildman–Crippen MR) is 108 cm³/mol. The number of nitrogens with two attached hydrogens (primary N) is 2. The van der Waals surface area contributed by atoms with Gasteiger partial charge in [0.05, 0.1) is 11.4 Å². The van der Waals surface area contributed by atoms with Crippen LogP contribution in [0.1, 0.15) is 52.9 Å². The lowest BCUT2D eigenvalue weighted by atomic mass is 9.87. The first-order valence-corrected chi connectivity index (χ1v) is 9.39. The Bertz CT molecular complexity index is 824. The van der Waals surface area contributed by atoms with E-state index in [0.29, 0.717) is 5.69 Å². The molecule has 1 heterocycles. The minimum absolute atomic E-state index is 0.124. The molecule has 1 aliphatic carbocycles. The molecule has 1 aromatic rings. The van der Waals surface area contributed by atoms with E-state index in [0.717, 1.165) is 32.1 Å². The Hall–Kier alpha value is -2.84. The number of nitrogens with one attached hydrogen (secondary N) is 1. The maximum absolute atomic E-state index is 14.0. The number of benzene rings is 1. The number of amides is 1. The molecule has 3 rings (SSSR count). The minimum atomic E-state index is -0.698. The first kappa shape index (κ1) is 19.9. The normalized spacial score (nSPS) is 19.1. The number of guanidine groups is 2. The summed E-state index contributed by atoms with van der Waals surface area (Å²) in [7, 11) is 0.